The van der Waals surface area contributed by atoms with E-state index in [1.54, 1.807) is 6.08 Å². The number of nitrogens with one attached hydrogen (secondary N) is 1. The van der Waals surface area contributed by atoms with Crippen molar-refractivity contribution in [2.24, 2.45) is 5.92 Å². The third-order valence-electron chi connectivity index (χ3n) is 4.00. The Labute approximate surface area is 132 Å². The van der Waals surface area contributed by atoms with Crippen LogP contribution in [0.4, 0.5) is 0 Å². The number of benzene rings is 1. The summed E-state index contributed by atoms with van der Waals surface area (Å²) < 4.78 is 22.8. The highest BCUT2D eigenvalue weighted by Gasteiger charge is 2.27. The first-order chi connectivity index (χ1) is 10.4. The summed E-state index contributed by atoms with van der Waals surface area (Å²) in [6.45, 7) is 4.48. The van der Waals surface area contributed by atoms with Crippen LogP contribution in [0.5, 0.6) is 0 Å². The summed E-state index contributed by atoms with van der Waals surface area (Å²) in [6.07, 6.45) is 3.04. The Kier molecular flexibility index (Phi) is 5.40. The Morgan fingerprint density at radius 3 is 2.55 bits per heavy atom. The second-order valence-corrected chi connectivity index (χ2v) is 8.13. The number of hydrogen-bond acceptors (Lipinski definition) is 3. The first kappa shape index (κ1) is 16.7. The monoisotopic (exact) mass is 321 g/mol. The van der Waals surface area contributed by atoms with E-state index < -0.39 is 9.84 Å². The molecule has 1 aliphatic heterocycles. The lowest BCUT2D eigenvalue weighted by Gasteiger charge is -2.09. The molecule has 1 N–H and O–H groups in total. The highest BCUT2D eigenvalue weighted by molar-refractivity contribution is 7.91. The average molecular weight is 321 g/mol. The first-order valence-corrected chi connectivity index (χ1v) is 9.47. The minimum Gasteiger partial charge on any atom is -0.352 e. The van der Waals surface area contributed by atoms with Crippen molar-refractivity contribution in [1.29, 1.82) is 0 Å². The van der Waals surface area contributed by atoms with Crippen molar-refractivity contribution in [3.05, 3.63) is 41.5 Å². The van der Waals surface area contributed by atoms with E-state index in [1.807, 2.05) is 38.1 Å². The van der Waals surface area contributed by atoms with Gasteiger partial charge in [-0.2, -0.15) is 0 Å². The molecule has 120 valence electrons. The maximum absolute atomic E-state index is 12.0. The summed E-state index contributed by atoms with van der Waals surface area (Å²) in [6, 6.07) is 8.09. The largest absolute Gasteiger partial charge is 0.352 e. The Balaban J connectivity index is 1.95. The fraction of sp³-hybridized carbons (Fsp3) is 0.471. The molecule has 0 aromatic heterocycles. The van der Waals surface area contributed by atoms with Crippen LogP contribution in [0.1, 0.15) is 30.9 Å². The van der Waals surface area contributed by atoms with E-state index in [1.165, 1.54) is 5.56 Å². The molecule has 0 aliphatic carbocycles. The minimum absolute atomic E-state index is 0.0480. The lowest BCUT2D eigenvalue weighted by molar-refractivity contribution is -0.116. The van der Waals surface area contributed by atoms with Crippen molar-refractivity contribution >= 4 is 21.3 Å². The van der Waals surface area contributed by atoms with E-state index in [9.17, 15) is 13.2 Å². The van der Waals surface area contributed by atoms with Crippen LogP contribution in [0.3, 0.4) is 0 Å². The van der Waals surface area contributed by atoms with Gasteiger partial charge in [-0.05, 0) is 36.8 Å². The van der Waals surface area contributed by atoms with E-state index in [-0.39, 0.29) is 23.3 Å². The van der Waals surface area contributed by atoms with Gasteiger partial charge in [0.1, 0.15) is 0 Å². The summed E-state index contributed by atoms with van der Waals surface area (Å²) in [4.78, 5) is 12.0. The highest BCUT2D eigenvalue weighted by atomic mass is 32.2. The molecular formula is C17H23NO3S. The van der Waals surface area contributed by atoms with Crippen molar-refractivity contribution < 1.29 is 13.2 Å². The zero-order valence-electron chi connectivity index (χ0n) is 13.1. The predicted molar refractivity (Wildman–Crippen MR) is 89.2 cm³/mol. The van der Waals surface area contributed by atoms with Crippen LogP contribution in [-0.2, 0) is 14.6 Å². The van der Waals surface area contributed by atoms with Crippen LogP contribution in [0.15, 0.2) is 30.3 Å². The molecule has 1 fully saturated rings. The topological polar surface area (TPSA) is 63.2 Å². The predicted octanol–water partition coefficient (Wildman–Crippen LogP) is 2.34. The van der Waals surface area contributed by atoms with E-state index in [0.717, 1.165) is 17.6 Å². The molecule has 0 spiro atoms. The van der Waals surface area contributed by atoms with Gasteiger partial charge in [-0.1, -0.05) is 36.8 Å². The smallest absolute Gasteiger partial charge is 0.244 e. The Morgan fingerprint density at radius 2 is 2.00 bits per heavy atom. The Bertz CT molecular complexity index is 660. The maximum Gasteiger partial charge on any atom is 0.244 e. The van der Waals surface area contributed by atoms with E-state index >= 15 is 0 Å². The van der Waals surface area contributed by atoms with Crippen molar-refractivity contribution in [2.45, 2.75) is 26.7 Å². The number of allylic oxidation sites excluding steroid dienone is 1. The molecule has 22 heavy (non-hydrogen) atoms. The van der Waals surface area contributed by atoms with Crippen molar-refractivity contribution in [1.82, 2.24) is 5.32 Å². The molecule has 0 radical (unpaired) electrons. The SMILES string of the molecule is CCC(=CC(=O)NCC1CCS(=O)(=O)C1)c1ccc(C)cc1. The number of carbonyl (C=O) groups is 1. The van der Waals surface area contributed by atoms with Crippen molar-refractivity contribution in [3.63, 3.8) is 0 Å². The highest BCUT2D eigenvalue weighted by Crippen LogP contribution is 2.19. The summed E-state index contributed by atoms with van der Waals surface area (Å²) in [5, 5.41) is 2.83. The Morgan fingerprint density at radius 1 is 1.32 bits per heavy atom. The van der Waals surface area contributed by atoms with Crippen LogP contribution in [0, 0.1) is 12.8 Å². The third kappa shape index (κ3) is 4.70. The lowest BCUT2D eigenvalue weighted by Crippen LogP contribution is -2.28. The normalized spacial score (nSPS) is 20.8. The van der Waals surface area contributed by atoms with Gasteiger partial charge in [0.2, 0.25) is 5.91 Å². The van der Waals surface area contributed by atoms with Gasteiger partial charge in [0.15, 0.2) is 9.84 Å². The summed E-state index contributed by atoms with van der Waals surface area (Å²) in [5.41, 5.74) is 3.22. The van der Waals surface area contributed by atoms with Crippen LogP contribution in [0.25, 0.3) is 5.57 Å². The van der Waals surface area contributed by atoms with Crippen LogP contribution in [-0.4, -0.2) is 32.4 Å². The number of hydrogen-bond donors (Lipinski definition) is 1. The molecule has 1 aromatic rings. The number of aryl methyl sites for hydroxylation is 1. The van der Waals surface area contributed by atoms with E-state index in [4.69, 9.17) is 0 Å². The number of amides is 1. The molecule has 0 bridgehead atoms. The van der Waals surface area contributed by atoms with Crippen LogP contribution in [0.2, 0.25) is 0 Å². The van der Waals surface area contributed by atoms with Gasteiger partial charge in [-0.15, -0.1) is 0 Å². The minimum atomic E-state index is -2.88. The van der Waals surface area contributed by atoms with Gasteiger partial charge < -0.3 is 5.32 Å². The second kappa shape index (κ2) is 7.09. The van der Waals surface area contributed by atoms with Gasteiger partial charge >= 0.3 is 0 Å². The molecule has 0 saturated carbocycles. The standard InChI is InChI=1S/C17H23NO3S/c1-3-15(16-6-4-13(2)5-7-16)10-17(19)18-11-14-8-9-22(20,21)12-14/h4-7,10,14H,3,8-9,11-12H2,1-2H3,(H,18,19). The van der Waals surface area contributed by atoms with Crippen LogP contribution >= 0.6 is 0 Å². The molecular weight excluding hydrogens is 298 g/mol. The Hall–Kier alpha value is -1.62. The molecule has 1 aliphatic rings. The number of carbonyl (C=O) groups excluding carboxylic acids is 1. The molecule has 1 amide bonds. The molecule has 1 aromatic carbocycles. The quantitative estimate of drug-likeness (QED) is 0.847. The van der Waals surface area contributed by atoms with Gasteiger partial charge in [0, 0.05) is 12.6 Å². The fourth-order valence-corrected chi connectivity index (χ4v) is 4.51. The van der Waals surface area contributed by atoms with E-state index in [2.05, 4.69) is 5.32 Å². The molecule has 1 unspecified atom stereocenters. The average Bonchev–Trinajstić information content (AvgIpc) is 2.83. The van der Waals surface area contributed by atoms with Crippen molar-refractivity contribution in [3.8, 4) is 0 Å². The molecule has 5 heteroatoms. The van der Waals surface area contributed by atoms with Crippen LogP contribution < -0.4 is 5.32 Å². The number of sulfone groups is 1. The van der Waals surface area contributed by atoms with E-state index in [0.29, 0.717) is 13.0 Å². The third-order valence-corrected chi connectivity index (χ3v) is 5.84. The molecule has 1 atom stereocenters. The maximum atomic E-state index is 12.0. The molecule has 4 nitrogen and oxygen atoms in total. The summed E-state index contributed by atoms with van der Waals surface area (Å²) in [7, 11) is -2.88. The van der Waals surface area contributed by atoms with Gasteiger partial charge in [0.25, 0.3) is 0 Å². The number of rotatable bonds is 5. The second-order valence-electron chi connectivity index (χ2n) is 5.90. The summed E-state index contributed by atoms with van der Waals surface area (Å²) >= 11 is 0. The summed E-state index contributed by atoms with van der Waals surface area (Å²) in [5.74, 6) is 0.330. The van der Waals surface area contributed by atoms with Gasteiger partial charge in [0.05, 0.1) is 11.5 Å². The molecule has 1 heterocycles. The fourth-order valence-electron chi connectivity index (χ4n) is 2.64. The van der Waals surface area contributed by atoms with Crippen molar-refractivity contribution in [2.75, 3.05) is 18.1 Å². The molecule has 2 rings (SSSR count). The first-order valence-electron chi connectivity index (χ1n) is 7.65. The van der Waals surface area contributed by atoms with Gasteiger partial charge in [-0.3, -0.25) is 4.79 Å². The lowest BCUT2D eigenvalue weighted by atomic mass is 10.0. The molecule has 1 saturated heterocycles. The zero-order valence-corrected chi connectivity index (χ0v) is 13.9. The zero-order chi connectivity index (χ0) is 16.2. The van der Waals surface area contributed by atoms with Gasteiger partial charge in [-0.25, -0.2) is 8.42 Å².